The van der Waals surface area contributed by atoms with Crippen molar-refractivity contribution in [1.82, 2.24) is 4.90 Å². The van der Waals surface area contributed by atoms with Crippen molar-refractivity contribution < 1.29 is 9.53 Å². The number of anilines is 2. The molecule has 1 aliphatic heterocycles. The molecule has 1 N–H and O–H groups in total. The highest BCUT2D eigenvalue weighted by Gasteiger charge is 2.20. The fourth-order valence-electron chi connectivity index (χ4n) is 3.05. The maximum absolute atomic E-state index is 12.4. The first kappa shape index (κ1) is 18.4. The van der Waals surface area contributed by atoms with Crippen LogP contribution in [0, 0.1) is 0 Å². The number of carbonyl (C=O) groups is 1. The molecular formula is C20H24ClN3O2. The van der Waals surface area contributed by atoms with Crippen molar-refractivity contribution in [3.8, 4) is 5.75 Å². The minimum atomic E-state index is 0.195. The topological polar surface area (TPSA) is 44.8 Å². The zero-order chi connectivity index (χ0) is 18.4. The van der Waals surface area contributed by atoms with E-state index in [4.69, 9.17) is 16.3 Å². The Morgan fingerprint density at radius 1 is 1.04 bits per heavy atom. The summed E-state index contributed by atoms with van der Waals surface area (Å²) in [5.41, 5.74) is 2.15. The van der Waals surface area contributed by atoms with Crippen LogP contribution in [0.2, 0.25) is 5.02 Å². The summed E-state index contributed by atoms with van der Waals surface area (Å²) in [5.74, 6) is 1.05. The number of halogens is 1. The summed E-state index contributed by atoms with van der Waals surface area (Å²) in [6.07, 6.45) is 0.491. The molecule has 1 amide bonds. The number of piperazine rings is 1. The third-order valence-corrected chi connectivity index (χ3v) is 4.83. The van der Waals surface area contributed by atoms with Crippen LogP contribution in [0.5, 0.6) is 5.75 Å². The molecule has 0 atom stereocenters. The van der Waals surface area contributed by atoms with Crippen molar-refractivity contribution in [2.24, 2.45) is 0 Å². The predicted octanol–water partition coefficient (Wildman–Crippen LogP) is 3.50. The van der Waals surface area contributed by atoms with E-state index in [1.165, 1.54) is 5.69 Å². The van der Waals surface area contributed by atoms with Crippen molar-refractivity contribution in [3.63, 3.8) is 0 Å². The van der Waals surface area contributed by atoms with Crippen LogP contribution in [0.3, 0.4) is 0 Å². The van der Waals surface area contributed by atoms with Gasteiger partial charge in [0.25, 0.3) is 0 Å². The first-order chi connectivity index (χ1) is 12.7. The molecule has 138 valence electrons. The summed E-state index contributed by atoms with van der Waals surface area (Å²) in [6.45, 7) is 3.84. The van der Waals surface area contributed by atoms with Gasteiger partial charge in [-0.15, -0.1) is 0 Å². The molecular weight excluding hydrogens is 350 g/mol. The maximum atomic E-state index is 12.4. The van der Waals surface area contributed by atoms with Crippen molar-refractivity contribution in [1.29, 1.82) is 0 Å². The molecule has 1 heterocycles. The molecule has 1 aliphatic rings. The first-order valence-electron chi connectivity index (χ1n) is 8.82. The van der Waals surface area contributed by atoms with E-state index in [1.54, 1.807) is 7.11 Å². The molecule has 1 fully saturated rings. The molecule has 0 radical (unpaired) electrons. The zero-order valence-corrected chi connectivity index (χ0v) is 15.7. The number of nitrogens with zero attached hydrogens (tertiary/aromatic N) is 2. The zero-order valence-electron chi connectivity index (χ0n) is 15.0. The van der Waals surface area contributed by atoms with Crippen LogP contribution in [0.4, 0.5) is 11.4 Å². The SMILES string of the molecule is COc1ccc(N2CCN(C(=O)CCNc3ccc(Cl)cc3)CC2)cc1. The van der Waals surface area contributed by atoms with E-state index in [0.717, 1.165) is 37.6 Å². The Kier molecular flexibility index (Phi) is 6.23. The summed E-state index contributed by atoms with van der Waals surface area (Å²) < 4.78 is 5.20. The molecule has 1 saturated heterocycles. The van der Waals surface area contributed by atoms with Crippen molar-refractivity contribution in [2.45, 2.75) is 6.42 Å². The number of rotatable bonds is 6. The Hall–Kier alpha value is -2.40. The van der Waals surface area contributed by atoms with Crippen LogP contribution >= 0.6 is 11.6 Å². The third-order valence-electron chi connectivity index (χ3n) is 4.58. The average Bonchev–Trinajstić information content (AvgIpc) is 2.69. The number of carbonyl (C=O) groups excluding carboxylic acids is 1. The highest BCUT2D eigenvalue weighted by Crippen LogP contribution is 2.20. The monoisotopic (exact) mass is 373 g/mol. The Morgan fingerprint density at radius 3 is 2.31 bits per heavy atom. The Labute approximate surface area is 159 Å². The summed E-state index contributed by atoms with van der Waals surface area (Å²) >= 11 is 5.87. The van der Waals surface area contributed by atoms with Gasteiger partial charge in [0.15, 0.2) is 0 Å². The van der Waals surface area contributed by atoms with E-state index in [2.05, 4.69) is 22.3 Å². The molecule has 0 aliphatic carbocycles. The minimum absolute atomic E-state index is 0.195. The van der Waals surface area contributed by atoms with Gasteiger partial charge in [-0.05, 0) is 48.5 Å². The van der Waals surface area contributed by atoms with Crippen LogP contribution in [0.1, 0.15) is 6.42 Å². The maximum Gasteiger partial charge on any atom is 0.224 e. The molecule has 2 aromatic carbocycles. The standard InChI is InChI=1S/C20H24ClN3O2/c1-26-19-8-6-18(7-9-19)23-12-14-24(15-13-23)20(25)10-11-22-17-4-2-16(21)3-5-17/h2-9,22H,10-15H2,1H3. The van der Waals surface area contributed by atoms with Gasteiger partial charge in [-0.2, -0.15) is 0 Å². The van der Waals surface area contributed by atoms with E-state index in [1.807, 2.05) is 41.3 Å². The fraction of sp³-hybridized carbons (Fsp3) is 0.350. The summed E-state index contributed by atoms with van der Waals surface area (Å²) in [5, 5.41) is 3.97. The number of hydrogen-bond donors (Lipinski definition) is 1. The highest BCUT2D eigenvalue weighted by molar-refractivity contribution is 6.30. The Morgan fingerprint density at radius 2 is 1.69 bits per heavy atom. The van der Waals surface area contributed by atoms with Crippen molar-refractivity contribution in [3.05, 3.63) is 53.6 Å². The second kappa shape index (κ2) is 8.81. The van der Waals surface area contributed by atoms with Gasteiger partial charge in [0.1, 0.15) is 5.75 Å². The molecule has 0 saturated carbocycles. The van der Waals surface area contributed by atoms with Gasteiger partial charge >= 0.3 is 0 Å². The van der Waals surface area contributed by atoms with Gasteiger partial charge < -0.3 is 19.9 Å². The normalized spacial score (nSPS) is 14.2. The minimum Gasteiger partial charge on any atom is -0.497 e. The van der Waals surface area contributed by atoms with Gasteiger partial charge in [0.05, 0.1) is 7.11 Å². The predicted molar refractivity (Wildman–Crippen MR) is 106 cm³/mol. The number of hydrogen-bond acceptors (Lipinski definition) is 4. The molecule has 2 aromatic rings. The number of nitrogens with one attached hydrogen (secondary N) is 1. The van der Waals surface area contributed by atoms with Crippen molar-refractivity contribution >= 4 is 28.9 Å². The lowest BCUT2D eigenvalue weighted by atomic mass is 10.2. The lowest BCUT2D eigenvalue weighted by molar-refractivity contribution is -0.131. The lowest BCUT2D eigenvalue weighted by Gasteiger charge is -2.36. The number of benzene rings is 2. The number of ether oxygens (including phenoxy) is 1. The second-order valence-electron chi connectivity index (χ2n) is 6.25. The molecule has 0 unspecified atom stereocenters. The van der Waals surface area contributed by atoms with Crippen LogP contribution in [-0.2, 0) is 4.79 Å². The van der Waals surface area contributed by atoms with Crippen LogP contribution in [0.15, 0.2) is 48.5 Å². The largest absolute Gasteiger partial charge is 0.497 e. The number of methoxy groups -OCH3 is 1. The molecule has 0 bridgehead atoms. The molecule has 26 heavy (non-hydrogen) atoms. The smallest absolute Gasteiger partial charge is 0.224 e. The lowest BCUT2D eigenvalue weighted by Crippen LogP contribution is -2.49. The van der Waals surface area contributed by atoms with Gasteiger partial charge in [-0.3, -0.25) is 4.79 Å². The van der Waals surface area contributed by atoms with E-state index in [0.29, 0.717) is 18.0 Å². The quantitative estimate of drug-likeness (QED) is 0.841. The average molecular weight is 374 g/mol. The van der Waals surface area contributed by atoms with E-state index < -0.39 is 0 Å². The van der Waals surface area contributed by atoms with E-state index in [-0.39, 0.29) is 5.91 Å². The molecule has 5 nitrogen and oxygen atoms in total. The van der Waals surface area contributed by atoms with E-state index in [9.17, 15) is 4.79 Å². The molecule has 6 heteroatoms. The highest BCUT2D eigenvalue weighted by atomic mass is 35.5. The van der Waals surface area contributed by atoms with Gasteiger partial charge in [-0.25, -0.2) is 0 Å². The molecule has 0 aromatic heterocycles. The fourth-order valence-corrected chi connectivity index (χ4v) is 3.17. The van der Waals surface area contributed by atoms with Gasteiger partial charge in [0.2, 0.25) is 5.91 Å². The number of amides is 1. The summed E-state index contributed by atoms with van der Waals surface area (Å²) in [4.78, 5) is 16.6. The third kappa shape index (κ3) is 4.82. The Bertz CT molecular complexity index is 711. The van der Waals surface area contributed by atoms with Crippen LogP contribution < -0.4 is 15.0 Å². The molecule has 0 spiro atoms. The van der Waals surface area contributed by atoms with Crippen LogP contribution in [-0.4, -0.2) is 50.6 Å². The summed E-state index contributed by atoms with van der Waals surface area (Å²) in [7, 11) is 1.67. The molecule has 3 rings (SSSR count). The first-order valence-corrected chi connectivity index (χ1v) is 9.20. The summed E-state index contributed by atoms with van der Waals surface area (Å²) in [6, 6.07) is 15.6. The van der Waals surface area contributed by atoms with Gasteiger partial charge in [-0.1, -0.05) is 11.6 Å². The second-order valence-corrected chi connectivity index (χ2v) is 6.69. The Balaban J connectivity index is 1.42. The van der Waals surface area contributed by atoms with Crippen LogP contribution in [0.25, 0.3) is 0 Å². The van der Waals surface area contributed by atoms with Crippen molar-refractivity contribution in [2.75, 3.05) is 50.1 Å². The van der Waals surface area contributed by atoms with E-state index >= 15 is 0 Å². The van der Waals surface area contributed by atoms with Gasteiger partial charge in [0, 0.05) is 55.5 Å².